The fraction of sp³-hybridized carbons (Fsp3) is 0.917. The molecule has 1 heterocycles. The summed E-state index contributed by atoms with van der Waals surface area (Å²) in [5.41, 5.74) is 0. The Morgan fingerprint density at radius 3 is 2.44 bits per heavy atom. The Hall–Kier alpha value is -0.620. The molecule has 0 spiro atoms. The summed E-state index contributed by atoms with van der Waals surface area (Å²) >= 11 is 0. The fourth-order valence-corrected chi connectivity index (χ4v) is 3.12. The van der Waals surface area contributed by atoms with E-state index in [0.717, 1.165) is 19.4 Å². The number of rotatable bonds is 4. The predicted molar refractivity (Wildman–Crippen MR) is 72.1 cm³/mol. The summed E-state index contributed by atoms with van der Waals surface area (Å²) in [7, 11) is -1.42. The maximum absolute atomic E-state index is 12.3. The van der Waals surface area contributed by atoms with E-state index in [2.05, 4.69) is 5.32 Å². The normalized spacial score (nSPS) is 24.3. The van der Waals surface area contributed by atoms with E-state index >= 15 is 0 Å². The minimum absolute atomic E-state index is 0.0158. The third-order valence-corrected chi connectivity index (χ3v) is 5.70. The van der Waals surface area contributed by atoms with Crippen molar-refractivity contribution >= 4 is 15.7 Å². The van der Waals surface area contributed by atoms with Crippen molar-refractivity contribution in [3.05, 3.63) is 0 Å². The lowest BCUT2D eigenvalue weighted by molar-refractivity contribution is -0.136. The van der Waals surface area contributed by atoms with Crippen molar-refractivity contribution < 1.29 is 13.2 Å². The number of hydrogen-bond acceptors (Lipinski definition) is 4. The number of amides is 1. The van der Waals surface area contributed by atoms with Crippen LogP contribution in [0, 0.1) is 5.92 Å². The van der Waals surface area contributed by atoms with Crippen LogP contribution in [0.4, 0.5) is 0 Å². The van der Waals surface area contributed by atoms with Gasteiger partial charge in [-0.25, -0.2) is 8.42 Å². The summed E-state index contributed by atoms with van der Waals surface area (Å²) in [6.45, 7) is 5.11. The van der Waals surface area contributed by atoms with Gasteiger partial charge in [-0.2, -0.15) is 0 Å². The van der Waals surface area contributed by atoms with Crippen LogP contribution in [0.5, 0.6) is 0 Å². The summed E-state index contributed by atoms with van der Waals surface area (Å²) in [5, 5.41) is 2.66. The zero-order valence-corrected chi connectivity index (χ0v) is 12.5. The molecule has 3 atom stereocenters. The highest BCUT2D eigenvalue weighted by molar-refractivity contribution is 7.91. The van der Waals surface area contributed by atoms with E-state index < -0.39 is 15.1 Å². The van der Waals surface area contributed by atoms with E-state index in [4.69, 9.17) is 0 Å². The van der Waals surface area contributed by atoms with Crippen LogP contribution in [0.1, 0.15) is 26.7 Å². The first-order valence-corrected chi connectivity index (χ1v) is 8.37. The maximum atomic E-state index is 12.3. The average molecular weight is 276 g/mol. The highest BCUT2D eigenvalue weighted by atomic mass is 32.2. The molecular formula is C12H24N2O3S. The first kappa shape index (κ1) is 15.4. The summed E-state index contributed by atoms with van der Waals surface area (Å²) < 4.78 is 23.1. The highest BCUT2D eigenvalue weighted by Crippen LogP contribution is 2.17. The van der Waals surface area contributed by atoms with Gasteiger partial charge in [-0.3, -0.25) is 4.79 Å². The van der Waals surface area contributed by atoms with Crippen LogP contribution in [0.25, 0.3) is 0 Å². The number of nitrogens with one attached hydrogen (secondary N) is 1. The van der Waals surface area contributed by atoms with Gasteiger partial charge in [0.25, 0.3) is 0 Å². The molecule has 1 N–H and O–H groups in total. The molecular weight excluding hydrogens is 252 g/mol. The molecule has 18 heavy (non-hydrogen) atoms. The molecule has 106 valence electrons. The first-order chi connectivity index (χ1) is 8.25. The smallest absolute Gasteiger partial charge is 0.226 e. The Morgan fingerprint density at radius 1 is 1.39 bits per heavy atom. The number of sulfone groups is 1. The molecule has 0 aliphatic carbocycles. The SMILES string of the molecule is CC(C(C)S(C)(=O)=O)N(C)C(=O)C1CCCNC1. The Balaban J connectivity index is 2.68. The lowest BCUT2D eigenvalue weighted by Crippen LogP contribution is -2.49. The molecule has 1 aliphatic heterocycles. The second-order valence-corrected chi connectivity index (χ2v) is 7.67. The number of carbonyl (C=O) groups excluding carboxylic acids is 1. The molecule has 0 saturated carbocycles. The zero-order valence-electron chi connectivity index (χ0n) is 11.6. The van der Waals surface area contributed by atoms with Gasteiger partial charge in [-0.05, 0) is 33.2 Å². The van der Waals surface area contributed by atoms with Gasteiger partial charge in [0.05, 0.1) is 11.2 Å². The second kappa shape index (κ2) is 6.02. The van der Waals surface area contributed by atoms with E-state index in [-0.39, 0.29) is 17.9 Å². The molecule has 0 radical (unpaired) electrons. The van der Waals surface area contributed by atoms with Crippen LogP contribution < -0.4 is 5.32 Å². The van der Waals surface area contributed by atoms with Gasteiger partial charge in [0, 0.05) is 25.9 Å². The summed E-state index contributed by atoms with van der Waals surface area (Å²) in [6, 6.07) is -0.297. The Labute approximate surface area is 110 Å². The number of hydrogen-bond donors (Lipinski definition) is 1. The van der Waals surface area contributed by atoms with Gasteiger partial charge in [0.15, 0.2) is 9.84 Å². The van der Waals surface area contributed by atoms with Crippen LogP contribution in [-0.2, 0) is 14.6 Å². The van der Waals surface area contributed by atoms with Crippen molar-refractivity contribution in [2.45, 2.75) is 38.0 Å². The van der Waals surface area contributed by atoms with Crippen LogP contribution in [0.15, 0.2) is 0 Å². The summed E-state index contributed by atoms with van der Waals surface area (Å²) in [6.07, 6.45) is 3.10. The van der Waals surface area contributed by atoms with Crippen molar-refractivity contribution in [3.8, 4) is 0 Å². The van der Waals surface area contributed by atoms with Crippen molar-refractivity contribution in [3.63, 3.8) is 0 Å². The summed E-state index contributed by atoms with van der Waals surface area (Å²) in [4.78, 5) is 13.8. The fourth-order valence-electron chi connectivity index (χ4n) is 2.22. The Morgan fingerprint density at radius 2 is 2.00 bits per heavy atom. The van der Waals surface area contributed by atoms with Crippen LogP contribution in [0.2, 0.25) is 0 Å². The van der Waals surface area contributed by atoms with E-state index in [1.165, 1.54) is 6.26 Å². The van der Waals surface area contributed by atoms with Crippen molar-refractivity contribution in [1.29, 1.82) is 0 Å². The van der Waals surface area contributed by atoms with E-state index in [0.29, 0.717) is 6.54 Å². The second-order valence-electron chi connectivity index (χ2n) is 5.27. The molecule has 1 aliphatic rings. The van der Waals surface area contributed by atoms with Crippen molar-refractivity contribution in [2.75, 3.05) is 26.4 Å². The van der Waals surface area contributed by atoms with E-state index in [1.54, 1.807) is 25.8 Å². The molecule has 0 aromatic carbocycles. The van der Waals surface area contributed by atoms with Crippen LogP contribution >= 0.6 is 0 Å². The topological polar surface area (TPSA) is 66.5 Å². The molecule has 5 nitrogen and oxygen atoms in total. The van der Waals surface area contributed by atoms with Gasteiger partial charge in [0.1, 0.15) is 0 Å². The van der Waals surface area contributed by atoms with Gasteiger partial charge in [0.2, 0.25) is 5.91 Å². The minimum Gasteiger partial charge on any atom is -0.341 e. The van der Waals surface area contributed by atoms with Crippen molar-refractivity contribution in [2.24, 2.45) is 5.92 Å². The molecule has 1 fully saturated rings. The van der Waals surface area contributed by atoms with Crippen LogP contribution in [0.3, 0.4) is 0 Å². The Bertz CT molecular complexity index is 388. The average Bonchev–Trinajstić information content (AvgIpc) is 2.35. The van der Waals surface area contributed by atoms with Gasteiger partial charge < -0.3 is 10.2 Å². The molecule has 1 saturated heterocycles. The minimum atomic E-state index is -3.12. The lowest BCUT2D eigenvalue weighted by Gasteiger charge is -2.33. The number of carbonyl (C=O) groups is 1. The van der Waals surface area contributed by atoms with E-state index in [1.807, 2.05) is 0 Å². The third-order valence-electron chi connectivity index (χ3n) is 3.96. The quantitative estimate of drug-likeness (QED) is 0.800. The highest BCUT2D eigenvalue weighted by Gasteiger charge is 2.31. The zero-order chi connectivity index (χ0) is 13.9. The predicted octanol–water partition coefficient (Wildman–Crippen LogP) is 0.266. The molecule has 0 aromatic rings. The molecule has 1 rings (SSSR count). The van der Waals surface area contributed by atoms with Gasteiger partial charge >= 0.3 is 0 Å². The van der Waals surface area contributed by atoms with Gasteiger partial charge in [-0.15, -0.1) is 0 Å². The summed E-state index contributed by atoms with van der Waals surface area (Å²) in [5.74, 6) is 0.0307. The largest absolute Gasteiger partial charge is 0.341 e. The molecule has 6 heteroatoms. The molecule has 1 amide bonds. The van der Waals surface area contributed by atoms with Crippen molar-refractivity contribution in [1.82, 2.24) is 10.2 Å². The standard InChI is InChI=1S/C12H24N2O3S/c1-9(10(2)18(4,16)17)14(3)12(15)11-6-5-7-13-8-11/h9-11,13H,5-8H2,1-4H3. The first-order valence-electron chi connectivity index (χ1n) is 6.41. The molecule has 0 bridgehead atoms. The van der Waals surface area contributed by atoms with Crippen LogP contribution in [-0.4, -0.2) is 56.9 Å². The Kier molecular flexibility index (Phi) is 5.16. The molecule has 0 aromatic heterocycles. The number of piperidine rings is 1. The third kappa shape index (κ3) is 3.68. The van der Waals surface area contributed by atoms with Gasteiger partial charge in [-0.1, -0.05) is 0 Å². The number of nitrogens with zero attached hydrogens (tertiary/aromatic N) is 1. The monoisotopic (exact) mass is 276 g/mol. The lowest BCUT2D eigenvalue weighted by atomic mass is 9.97. The molecule has 3 unspecified atom stereocenters. The van der Waals surface area contributed by atoms with E-state index in [9.17, 15) is 13.2 Å². The maximum Gasteiger partial charge on any atom is 0.226 e.